The van der Waals surface area contributed by atoms with Crippen LogP contribution in [-0.4, -0.2) is 26.3 Å². The molecule has 0 saturated carbocycles. The first kappa shape index (κ1) is 17.3. The summed E-state index contributed by atoms with van der Waals surface area (Å²) in [5.74, 6) is -0.459. The summed E-state index contributed by atoms with van der Waals surface area (Å²) in [6, 6.07) is 13.1. The molecule has 0 unspecified atom stereocenters. The quantitative estimate of drug-likeness (QED) is 0.521. The van der Waals surface area contributed by atoms with Gasteiger partial charge in [0, 0.05) is 29.3 Å². The van der Waals surface area contributed by atoms with Crippen LogP contribution in [0.5, 0.6) is 0 Å². The Hall–Kier alpha value is -3.12. The van der Waals surface area contributed by atoms with Crippen LogP contribution < -0.4 is 10.9 Å². The number of aromatic nitrogens is 3. The van der Waals surface area contributed by atoms with E-state index < -0.39 is 0 Å². The number of carbonyl (C=O) groups is 1. The van der Waals surface area contributed by atoms with Gasteiger partial charge in [-0.05, 0) is 36.2 Å². The molecule has 6 nitrogen and oxygen atoms in total. The maximum Gasteiger partial charge on any atom is 0.261 e. The van der Waals surface area contributed by atoms with Crippen molar-refractivity contribution in [3.8, 4) is 0 Å². The van der Waals surface area contributed by atoms with E-state index in [0.29, 0.717) is 29.6 Å². The second kappa shape index (κ2) is 7.25. The third kappa shape index (κ3) is 3.44. The molecule has 2 heterocycles. The van der Waals surface area contributed by atoms with Crippen molar-refractivity contribution in [3.63, 3.8) is 0 Å². The van der Waals surface area contributed by atoms with Gasteiger partial charge in [-0.1, -0.05) is 18.2 Å². The summed E-state index contributed by atoms with van der Waals surface area (Å²) in [6.07, 6.45) is 4.25. The maximum absolute atomic E-state index is 12.8. The fourth-order valence-corrected chi connectivity index (χ4v) is 3.24. The Morgan fingerprint density at radius 2 is 2.04 bits per heavy atom. The molecule has 7 heteroatoms. The summed E-state index contributed by atoms with van der Waals surface area (Å²) in [6.45, 7) is 0.516. The van der Waals surface area contributed by atoms with Crippen LogP contribution in [-0.2, 0) is 17.8 Å². The van der Waals surface area contributed by atoms with E-state index in [-0.39, 0.29) is 17.3 Å². The van der Waals surface area contributed by atoms with Crippen molar-refractivity contribution in [2.75, 3.05) is 11.2 Å². The molecule has 2 aromatic carbocycles. The van der Waals surface area contributed by atoms with Crippen molar-refractivity contribution < 1.29 is 4.79 Å². The molecule has 0 aliphatic heterocycles. The maximum atomic E-state index is 12.8. The zero-order valence-electron chi connectivity index (χ0n) is 14.4. The molecule has 1 amide bonds. The number of nitrogens with zero attached hydrogens (tertiary/aromatic N) is 2. The lowest BCUT2D eigenvalue weighted by Gasteiger charge is -2.08. The molecule has 4 aromatic rings. The molecule has 0 spiro atoms. The van der Waals surface area contributed by atoms with Crippen LogP contribution in [0.1, 0.15) is 5.56 Å². The summed E-state index contributed by atoms with van der Waals surface area (Å²) in [7, 11) is 0. The molecule has 27 heavy (non-hydrogen) atoms. The zero-order valence-corrected chi connectivity index (χ0v) is 15.2. The second-order valence-corrected chi connectivity index (χ2v) is 6.53. The Labute approximate surface area is 159 Å². The number of nitrogens with one attached hydrogen (secondary N) is 2. The molecule has 2 N–H and O–H groups in total. The van der Waals surface area contributed by atoms with Crippen LogP contribution in [0.3, 0.4) is 0 Å². The van der Waals surface area contributed by atoms with E-state index in [0.717, 1.165) is 16.5 Å². The van der Waals surface area contributed by atoms with Gasteiger partial charge in [0.2, 0.25) is 5.91 Å². The number of H-pyrrole nitrogens is 1. The first-order valence-corrected chi connectivity index (χ1v) is 9.09. The Morgan fingerprint density at radius 3 is 2.89 bits per heavy atom. The monoisotopic (exact) mass is 380 g/mol. The number of aromatic amines is 1. The van der Waals surface area contributed by atoms with E-state index >= 15 is 0 Å². The molecular formula is C20H17ClN4O2. The van der Waals surface area contributed by atoms with Crippen LogP contribution in [0.4, 0.5) is 5.69 Å². The number of fused-ring (bicyclic) bond motifs is 2. The minimum Gasteiger partial charge on any atom is -0.361 e. The largest absolute Gasteiger partial charge is 0.361 e. The van der Waals surface area contributed by atoms with Gasteiger partial charge in [0.15, 0.2) is 0 Å². The average Bonchev–Trinajstić information content (AvgIpc) is 3.11. The highest BCUT2D eigenvalue weighted by Gasteiger charge is 2.08. The van der Waals surface area contributed by atoms with Crippen molar-refractivity contribution in [1.82, 2.24) is 14.5 Å². The lowest BCUT2D eigenvalue weighted by molar-refractivity contribution is -0.113. The number of alkyl halides is 1. The number of hydrogen-bond donors (Lipinski definition) is 2. The molecular weight excluding hydrogens is 364 g/mol. The highest BCUT2D eigenvalue weighted by molar-refractivity contribution is 6.29. The van der Waals surface area contributed by atoms with Gasteiger partial charge in [-0.15, -0.1) is 11.6 Å². The van der Waals surface area contributed by atoms with Gasteiger partial charge in [0.25, 0.3) is 5.56 Å². The fraction of sp³-hybridized carbons (Fsp3) is 0.150. The topological polar surface area (TPSA) is 79.8 Å². The number of anilines is 1. The number of rotatable bonds is 5. The van der Waals surface area contributed by atoms with Crippen LogP contribution in [0, 0.1) is 0 Å². The van der Waals surface area contributed by atoms with Gasteiger partial charge < -0.3 is 10.3 Å². The van der Waals surface area contributed by atoms with Crippen molar-refractivity contribution >= 4 is 45.0 Å². The lowest BCUT2D eigenvalue weighted by atomic mass is 10.1. The highest BCUT2D eigenvalue weighted by Crippen LogP contribution is 2.19. The summed E-state index contributed by atoms with van der Waals surface area (Å²) >= 11 is 5.52. The lowest BCUT2D eigenvalue weighted by Crippen LogP contribution is -2.22. The fourth-order valence-electron chi connectivity index (χ4n) is 3.17. The molecule has 0 fully saturated rings. The summed E-state index contributed by atoms with van der Waals surface area (Å²) in [5, 5.41) is 4.27. The third-order valence-corrected chi connectivity index (χ3v) is 4.77. The van der Waals surface area contributed by atoms with Crippen molar-refractivity contribution in [1.29, 1.82) is 0 Å². The highest BCUT2D eigenvalue weighted by atomic mass is 35.5. The normalized spacial score (nSPS) is 11.1. The van der Waals surface area contributed by atoms with E-state index in [2.05, 4.69) is 21.4 Å². The minimum absolute atomic E-state index is 0.137. The average molecular weight is 381 g/mol. The number of carbonyl (C=O) groups excluding carboxylic acids is 1. The zero-order chi connectivity index (χ0) is 18.8. The Morgan fingerprint density at radius 1 is 1.19 bits per heavy atom. The van der Waals surface area contributed by atoms with Crippen LogP contribution in [0.25, 0.3) is 21.8 Å². The first-order chi connectivity index (χ1) is 13.2. The number of para-hydroxylation sites is 1. The number of halogens is 1. The van der Waals surface area contributed by atoms with Crippen LogP contribution in [0.15, 0.2) is 59.8 Å². The van der Waals surface area contributed by atoms with Crippen molar-refractivity contribution in [2.45, 2.75) is 13.0 Å². The smallest absolute Gasteiger partial charge is 0.261 e. The molecule has 0 aliphatic carbocycles. The van der Waals surface area contributed by atoms with Crippen LogP contribution >= 0.6 is 11.6 Å². The first-order valence-electron chi connectivity index (χ1n) is 8.56. The van der Waals surface area contributed by atoms with E-state index in [4.69, 9.17) is 11.6 Å². The molecule has 0 atom stereocenters. The van der Waals surface area contributed by atoms with Gasteiger partial charge in [-0.3, -0.25) is 14.2 Å². The molecule has 0 radical (unpaired) electrons. The molecule has 4 rings (SSSR count). The number of hydrogen-bond acceptors (Lipinski definition) is 3. The number of amides is 1. The second-order valence-electron chi connectivity index (χ2n) is 6.27. The van der Waals surface area contributed by atoms with E-state index in [1.54, 1.807) is 29.1 Å². The molecule has 136 valence electrons. The van der Waals surface area contributed by atoms with Crippen molar-refractivity contribution in [2.24, 2.45) is 0 Å². The predicted octanol–water partition coefficient (Wildman–Crippen LogP) is 3.30. The standard InChI is InChI=1S/C20H17ClN4O2/c21-10-19(26)24-14-5-6-18-16(9-14)20(27)25(12-23-18)8-7-13-11-22-17-4-2-1-3-15(13)17/h1-6,9,11-12,22H,7-8,10H2,(H,24,26). The Kier molecular flexibility index (Phi) is 4.64. The summed E-state index contributed by atoms with van der Waals surface area (Å²) < 4.78 is 1.59. The van der Waals surface area contributed by atoms with E-state index in [1.165, 1.54) is 0 Å². The molecule has 0 aliphatic rings. The van der Waals surface area contributed by atoms with Crippen LogP contribution in [0.2, 0.25) is 0 Å². The SMILES string of the molecule is O=C(CCl)Nc1ccc2ncn(CCc3c[nH]c4ccccc34)c(=O)c2c1. The number of aryl methyl sites for hydroxylation is 2. The Balaban J connectivity index is 1.62. The van der Waals surface area contributed by atoms with E-state index in [1.807, 2.05) is 24.4 Å². The summed E-state index contributed by atoms with van der Waals surface area (Å²) in [5.41, 5.74) is 3.22. The van der Waals surface area contributed by atoms with Gasteiger partial charge in [0.1, 0.15) is 5.88 Å². The van der Waals surface area contributed by atoms with Gasteiger partial charge >= 0.3 is 0 Å². The predicted molar refractivity (Wildman–Crippen MR) is 107 cm³/mol. The van der Waals surface area contributed by atoms with Crippen molar-refractivity contribution in [3.05, 3.63) is 70.9 Å². The third-order valence-electron chi connectivity index (χ3n) is 4.53. The minimum atomic E-state index is -0.320. The summed E-state index contributed by atoms with van der Waals surface area (Å²) in [4.78, 5) is 31.9. The number of benzene rings is 2. The molecule has 0 saturated heterocycles. The van der Waals surface area contributed by atoms with Gasteiger partial charge in [-0.25, -0.2) is 4.98 Å². The molecule has 2 aromatic heterocycles. The molecule has 0 bridgehead atoms. The van der Waals surface area contributed by atoms with E-state index in [9.17, 15) is 9.59 Å². The van der Waals surface area contributed by atoms with Gasteiger partial charge in [-0.2, -0.15) is 0 Å². The van der Waals surface area contributed by atoms with Gasteiger partial charge in [0.05, 0.1) is 17.2 Å². The Bertz CT molecular complexity index is 1200.